The molecule has 0 radical (unpaired) electrons. The van der Waals surface area contributed by atoms with E-state index >= 15 is 0 Å². The summed E-state index contributed by atoms with van der Waals surface area (Å²) in [4.78, 5) is 4.26. The molecule has 1 aliphatic heterocycles. The van der Waals surface area contributed by atoms with Gasteiger partial charge in [-0.25, -0.2) is 4.39 Å². The lowest BCUT2D eigenvalue weighted by Crippen LogP contribution is -1.91. The minimum atomic E-state index is -0.313. The molecule has 0 spiro atoms. The van der Waals surface area contributed by atoms with Crippen LogP contribution >= 0.6 is 0 Å². The van der Waals surface area contributed by atoms with E-state index in [9.17, 15) is 4.39 Å². The molecule has 0 amide bonds. The van der Waals surface area contributed by atoms with Gasteiger partial charge in [-0.05, 0) is 30.7 Å². The number of fused-ring (bicyclic) bond motifs is 2. The van der Waals surface area contributed by atoms with E-state index < -0.39 is 0 Å². The van der Waals surface area contributed by atoms with Crippen molar-refractivity contribution in [3.8, 4) is 11.5 Å². The Balaban J connectivity index is 2.19. The lowest BCUT2D eigenvalue weighted by Gasteiger charge is -2.08. The summed E-state index contributed by atoms with van der Waals surface area (Å²) in [7, 11) is 0. The molecule has 0 bridgehead atoms. The van der Waals surface area contributed by atoms with Gasteiger partial charge in [0, 0.05) is 17.8 Å². The smallest absolute Gasteiger partial charge is 0.153 e. The molecule has 1 heterocycles. The van der Waals surface area contributed by atoms with Gasteiger partial charge in [-0.1, -0.05) is 12.1 Å². The van der Waals surface area contributed by atoms with Crippen molar-refractivity contribution in [2.75, 3.05) is 0 Å². The normalized spacial score (nSPS) is 12.4. The zero-order valence-electron chi connectivity index (χ0n) is 9.27. The Morgan fingerprint density at radius 2 is 2.00 bits per heavy atom. The number of halogens is 1. The standard InChI is InChI=1S/C14H10FNO/c1-9-3-2-4-13-11(9)8-16-12-7-10(15)5-6-14(12)17-13/h2-8H,1H3. The summed E-state index contributed by atoms with van der Waals surface area (Å²) in [6, 6.07) is 10.1. The van der Waals surface area contributed by atoms with Crippen LogP contribution in [0, 0.1) is 12.7 Å². The first-order chi connectivity index (χ1) is 8.24. The highest BCUT2D eigenvalue weighted by Crippen LogP contribution is 2.36. The maximum Gasteiger partial charge on any atom is 0.153 e. The second-order valence-corrected chi connectivity index (χ2v) is 3.96. The Kier molecular flexibility index (Phi) is 2.18. The third kappa shape index (κ3) is 1.69. The van der Waals surface area contributed by atoms with Crippen LogP contribution in [0.15, 0.2) is 41.4 Å². The van der Waals surface area contributed by atoms with E-state index in [2.05, 4.69) is 4.99 Å². The van der Waals surface area contributed by atoms with Gasteiger partial charge in [0.2, 0.25) is 0 Å². The number of benzene rings is 2. The van der Waals surface area contributed by atoms with E-state index in [0.29, 0.717) is 11.4 Å². The topological polar surface area (TPSA) is 21.6 Å². The molecule has 0 aromatic heterocycles. The summed E-state index contributed by atoms with van der Waals surface area (Å²) in [5.74, 6) is 1.01. The first kappa shape index (κ1) is 10.0. The molecule has 2 aromatic carbocycles. The third-order valence-electron chi connectivity index (χ3n) is 2.76. The average Bonchev–Trinajstić information content (AvgIpc) is 2.49. The highest BCUT2D eigenvalue weighted by Gasteiger charge is 2.13. The summed E-state index contributed by atoms with van der Waals surface area (Å²) in [5, 5.41) is 0. The quantitative estimate of drug-likeness (QED) is 0.569. The van der Waals surface area contributed by atoms with Crippen molar-refractivity contribution in [2.45, 2.75) is 6.92 Å². The van der Waals surface area contributed by atoms with Crippen LogP contribution in [0.25, 0.3) is 0 Å². The predicted molar refractivity (Wildman–Crippen MR) is 64.9 cm³/mol. The van der Waals surface area contributed by atoms with Gasteiger partial charge in [0.15, 0.2) is 5.75 Å². The van der Waals surface area contributed by atoms with E-state index in [-0.39, 0.29) is 5.82 Å². The molecule has 84 valence electrons. The summed E-state index contributed by atoms with van der Waals surface area (Å²) in [6.45, 7) is 1.99. The van der Waals surface area contributed by atoms with Gasteiger partial charge in [-0.2, -0.15) is 0 Å². The van der Waals surface area contributed by atoms with Gasteiger partial charge in [0.05, 0.1) is 0 Å². The maximum absolute atomic E-state index is 13.1. The lowest BCUT2D eigenvalue weighted by atomic mass is 10.1. The van der Waals surface area contributed by atoms with Crippen molar-refractivity contribution >= 4 is 11.9 Å². The largest absolute Gasteiger partial charge is 0.454 e. The second-order valence-electron chi connectivity index (χ2n) is 3.96. The first-order valence-corrected chi connectivity index (χ1v) is 5.35. The molecule has 1 aliphatic rings. The minimum Gasteiger partial charge on any atom is -0.454 e. The third-order valence-corrected chi connectivity index (χ3v) is 2.76. The van der Waals surface area contributed by atoms with Crippen molar-refractivity contribution in [2.24, 2.45) is 4.99 Å². The predicted octanol–water partition coefficient (Wildman–Crippen LogP) is 3.99. The fourth-order valence-corrected chi connectivity index (χ4v) is 1.84. The molecule has 0 unspecified atom stereocenters. The molecular weight excluding hydrogens is 217 g/mol. The summed E-state index contributed by atoms with van der Waals surface area (Å²) in [6.07, 6.45) is 1.72. The van der Waals surface area contributed by atoms with Crippen LogP contribution in [-0.2, 0) is 0 Å². The number of nitrogens with zero attached hydrogens (tertiary/aromatic N) is 1. The Bertz CT molecular complexity index is 620. The number of ether oxygens (including phenoxy) is 1. The maximum atomic E-state index is 13.1. The molecule has 3 heteroatoms. The molecule has 2 aromatic rings. The first-order valence-electron chi connectivity index (χ1n) is 5.35. The van der Waals surface area contributed by atoms with Crippen LogP contribution in [-0.4, -0.2) is 6.21 Å². The van der Waals surface area contributed by atoms with Gasteiger partial charge < -0.3 is 4.74 Å². The Morgan fingerprint density at radius 3 is 2.88 bits per heavy atom. The summed E-state index contributed by atoms with van der Waals surface area (Å²) < 4.78 is 18.9. The molecule has 0 saturated carbocycles. The number of aliphatic imine (C=N–C) groups is 1. The number of aryl methyl sites for hydroxylation is 1. The summed E-state index contributed by atoms with van der Waals surface area (Å²) in [5.41, 5.74) is 2.53. The van der Waals surface area contributed by atoms with Crippen LogP contribution < -0.4 is 4.74 Å². The molecule has 0 atom stereocenters. The van der Waals surface area contributed by atoms with E-state index in [1.54, 1.807) is 12.3 Å². The van der Waals surface area contributed by atoms with Crippen LogP contribution in [0.1, 0.15) is 11.1 Å². The Hall–Kier alpha value is -2.16. The molecule has 17 heavy (non-hydrogen) atoms. The van der Waals surface area contributed by atoms with E-state index in [4.69, 9.17) is 4.74 Å². The SMILES string of the molecule is Cc1cccc2c1C=Nc1cc(F)ccc1O2. The van der Waals surface area contributed by atoms with Gasteiger partial charge in [0.1, 0.15) is 17.3 Å². The van der Waals surface area contributed by atoms with E-state index in [1.165, 1.54) is 12.1 Å². The second kappa shape index (κ2) is 3.70. The minimum absolute atomic E-state index is 0.313. The highest BCUT2D eigenvalue weighted by atomic mass is 19.1. The van der Waals surface area contributed by atoms with Crippen molar-refractivity contribution in [3.63, 3.8) is 0 Å². The summed E-state index contributed by atoms with van der Waals surface area (Å²) >= 11 is 0. The lowest BCUT2D eigenvalue weighted by molar-refractivity contribution is 0.482. The van der Waals surface area contributed by atoms with Crippen molar-refractivity contribution in [1.29, 1.82) is 0 Å². The van der Waals surface area contributed by atoms with Gasteiger partial charge in [-0.15, -0.1) is 0 Å². The molecule has 0 saturated heterocycles. The number of hydrogen-bond acceptors (Lipinski definition) is 2. The molecule has 0 fully saturated rings. The monoisotopic (exact) mass is 227 g/mol. The molecule has 2 nitrogen and oxygen atoms in total. The molecular formula is C14H10FNO. The van der Waals surface area contributed by atoms with Crippen molar-refractivity contribution in [1.82, 2.24) is 0 Å². The zero-order valence-corrected chi connectivity index (χ0v) is 9.27. The van der Waals surface area contributed by atoms with E-state index in [0.717, 1.165) is 16.9 Å². The number of rotatable bonds is 0. The van der Waals surface area contributed by atoms with Crippen molar-refractivity contribution < 1.29 is 9.13 Å². The Morgan fingerprint density at radius 1 is 1.12 bits per heavy atom. The average molecular weight is 227 g/mol. The van der Waals surface area contributed by atoms with E-state index in [1.807, 2.05) is 25.1 Å². The fraction of sp³-hybridized carbons (Fsp3) is 0.0714. The number of hydrogen-bond donors (Lipinski definition) is 0. The Labute approximate surface area is 98.4 Å². The van der Waals surface area contributed by atoms with Crippen LogP contribution in [0.5, 0.6) is 11.5 Å². The van der Waals surface area contributed by atoms with Crippen LogP contribution in [0.3, 0.4) is 0 Å². The van der Waals surface area contributed by atoms with Gasteiger partial charge in [-0.3, -0.25) is 4.99 Å². The fourth-order valence-electron chi connectivity index (χ4n) is 1.84. The van der Waals surface area contributed by atoms with Gasteiger partial charge in [0.25, 0.3) is 0 Å². The van der Waals surface area contributed by atoms with Crippen LogP contribution in [0.2, 0.25) is 0 Å². The molecule has 0 N–H and O–H groups in total. The highest BCUT2D eigenvalue weighted by molar-refractivity contribution is 5.89. The molecule has 0 aliphatic carbocycles. The van der Waals surface area contributed by atoms with Crippen LogP contribution in [0.4, 0.5) is 10.1 Å². The van der Waals surface area contributed by atoms with Gasteiger partial charge >= 0.3 is 0 Å². The van der Waals surface area contributed by atoms with Crippen molar-refractivity contribution in [3.05, 3.63) is 53.3 Å². The zero-order chi connectivity index (χ0) is 11.8. The molecule has 3 rings (SSSR count).